The third-order valence-corrected chi connectivity index (χ3v) is 5.11. The van der Waals surface area contributed by atoms with E-state index in [1.54, 1.807) is 7.11 Å². The summed E-state index contributed by atoms with van der Waals surface area (Å²) in [4.78, 5) is 27.7. The quantitative estimate of drug-likeness (QED) is 0.503. The van der Waals surface area contributed by atoms with Gasteiger partial charge in [0.1, 0.15) is 11.4 Å². The first-order chi connectivity index (χ1) is 14.5. The molecule has 30 heavy (non-hydrogen) atoms. The number of imide groups is 1. The zero-order chi connectivity index (χ0) is 21.7. The number of ether oxygens (including phenoxy) is 2. The van der Waals surface area contributed by atoms with Crippen LogP contribution in [0.3, 0.4) is 0 Å². The Morgan fingerprint density at radius 1 is 1.00 bits per heavy atom. The molecule has 0 radical (unpaired) electrons. The highest BCUT2D eigenvalue weighted by molar-refractivity contribution is 6.36. The molecule has 1 aliphatic heterocycles. The molecule has 2 aromatic rings. The fourth-order valence-corrected chi connectivity index (χ4v) is 3.40. The van der Waals surface area contributed by atoms with Gasteiger partial charge in [-0.15, -0.1) is 0 Å². The molecule has 0 spiro atoms. The molecular weight excluding hydrogens is 380 g/mol. The van der Waals surface area contributed by atoms with Crippen molar-refractivity contribution in [3.05, 3.63) is 64.9 Å². The van der Waals surface area contributed by atoms with E-state index in [2.05, 4.69) is 5.32 Å². The standard InChI is InChI=1S/C24H28N2O4/c1-5-30-20-9-6-8-19(15-20)25-22-21(18-11-10-16(2)17(3)14-18)23(27)26(24(22)28)12-7-13-29-4/h6,8-11,14-15,25H,5,7,12-13H2,1-4H3. The van der Waals surface area contributed by atoms with E-state index < -0.39 is 0 Å². The van der Waals surface area contributed by atoms with E-state index in [0.29, 0.717) is 43.2 Å². The van der Waals surface area contributed by atoms with E-state index in [9.17, 15) is 9.59 Å². The Bertz CT molecular complexity index is 981. The van der Waals surface area contributed by atoms with Crippen LogP contribution in [0.25, 0.3) is 5.57 Å². The summed E-state index contributed by atoms with van der Waals surface area (Å²) in [7, 11) is 1.60. The Kier molecular flexibility index (Phi) is 6.90. The summed E-state index contributed by atoms with van der Waals surface area (Å²) in [5.74, 6) is 0.0820. The topological polar surface area (TPSA) is 67.9 Å². The van der Waals surface area contributed by atoms with E-state index >= 15 is 0 Å². The van der Waals surface area contributed by atoms with Gasteiger partial charge in [0.2, 0.25) is 0 Å². The number of nitrogens with zero attached hydrogens (tertiary/aromatic N) is 1. The highest BCUT2D eigenvalue weighted by Crippen LogP contribution is 2.32. The molecule has 0 aliphatic carbocycles. The van der Waals surface area contributed by atoms with Crippen LogP contribution in [-0.2, 0) is 14.3 Å². The van der Waals surface area contributed by atoms with Gasteiger partial charge < -0.3 is 14.8 Å². The first kappa shape index (κ1) is 21.6. The van der Waals surface area contributed by atoms with Crippen LogP contribution >= 0.6 is 0 Å². The van der Waals surface area contributed by atoms with Gasteiger partial charge in [0.25, 0.3) is 11.8 Å². The fourth-order valence-electron chi connectivity index (χ4n) is 3.40. The van der Waals surface area contributed by atoms with Crippen LogP contribution in [0.5, 0.6) is 5.75 Å². The highest BCUT2D eigenvalue weighted by atomic mass is 16.5. The second kappa shape index (κ2) is 9.59. The molecule has 1 heterocycles. The predicted octanol–water partition coefficient (Wildman–Crippen LogP) is 3.93. The molecular formula is C24H28N2O4. The van der Waals surface area contributed by atoms with Gasteiger partial charge in [-0.3, -0.25) is 14.5 Å². The molecule has 0 fully saturated rings. The molecule has 158 valence electrons. The Morgan fingerprint density at radius 3 is 2.50 bits per heavy atom. The lowest BCUT2D eigenvalue weighted by atomic mass is 9.99. The predicted molar refractivity (Wildman–Crippen MR) is 117 cm³/mol. The SMILES string of the molecule is CCOc1cccc(NC2=C(c3ccc(C)c(C)c3)C(=O)N(CCCOC)C2=O)c1. The molecule has 6 nitrogen and oxygen atoms in total. The molecule has 3 rings (SSSR count). The zero-order valence-electron chi connectivity index (χ0n) is 18.0. The summed E-state index contributed by atoms with van der Waals surface area (Å²) < 4.78 is 10.6. The van der Waals surface area contributed by atoms with Crippen molar-refractivity contribution in [2.45, 2.75) is 27.2 Å². The van der Waals surface area contributed by atoms with Gasteiger partial charge in [-0.05, 0) is 56.0 Å². The second-order valence-corrected chi connectivity index (χ2v) is 7.24. The van der Waals surface area contributed by atoms with Crippen molar-refractivity contribution in [3.63, 3.8) is 0 Å². The minimum atomic E-state index is -0.328. The lowest BCUT2D eigenvalue weighted by Crippen LogP contribution is -2.33. The first-order valence-corrected chi connectivity index (χ1v) is 10.1. The van der Waals surface area contributed by atoms with Gasteiger partial charge in [-0.1, -0.05) is 24.3 Å². The molecule has 1 aliphatic rings. The van der Waals surface area contributed by atoms with Crippen molar-refractivity contribution in [3.8, 4) is 5.75 Å². The largest absolute Gasteiger partial charge is 0.494 e. The maximum atomic E-state index is 13.2. The average Bonchev–Trinajstić information content (AvgIpc) is 2.95. The minimum Gasteiger partial charge on any atom is -0.494 e. The summed E-state index contributed by atoms with van der Waals surface area (Å²) in [6.07, 6.45) is 0.585. The molecule has 0 saturated heterocycles. The third kappa shape index (κ3) is 4.54. The summed E-state index contributed by atoms with van der Waals surface area (Å²) in [6.45, 7) is 7.27. The highest BCUT2D eigenvalue weighted by Gasteiger charge is 2.39. The molecule has 0 aromatic heterocycles. The molecule has 0 bridgehead atoms. The number of benzene rings is 2. The third-order valence-electron chi connectivity index (χ3n) is 5.11. The van der Waals surface area contributed by atoms with Crippen molar-refractivity contribution in [1.82, 2.24) is 4.90 Å². The summed E-state index contributed by atoms with van der Waals surface area (Å²) in [5.41, 5.74) is 4.30. The number of amides is 2. The van der Waals surface area contributed by atoms with Gasteiger partial charge in [0.05, 0.1) is 12.2 Å². The van der Waals surface area contributed by atoms with Gasteiger partial charge in [-0.25, -0.2) is 0 Å². The van der Waals surface area contributed by atoms with Gasteiger partial charge >= 0.3 is 0 Å². The van der Waals surface area contributed by atoms with Crippen molar-refractivity contribution < 1.29 is 19.1 Å². The average molecular weight is 408 g/mol. The molecule has 0 unspecified atom stereocenters. The lowest BCUT2D eigenvalue weighted by Gasteiger charge is -2.15. The summed E-state index contributed by atoms with van der Waals surface area (Å²) in [5, 5.41) is 3.18. The Balaban J connectivity index is 2.00. The van der Waals surface area contributed by atoms with Crippen molar-refractivity contribution in [2.75, 3.05) is 32.2 Å². The number of carbonyl (C=O) groups is 2. The van der Waals surface area contributed by atoms with Crippen molar-refractivity contribution in [2.24, 2.45) is 0 Å². The van der Waals surface area contributed by atoms with Crippen LogP contribution in [-0.4, -0.2) is 43.6 Å². The lowest BCUT2D eigenvalue weighted by molar-refractivity contribution is -0.136. The Morgan fingerprint density at radius 2 is 1.80 bits per heavy atom. The zero-order valence-corrected chi connectivity index (χ0v) is 18.0. The second-order valence-electron chi connectivity index (χ2n) is 7.24. The Hall–Kier alpha value is -3.12. The van der Waals surface area contributed by atoms with Gasteiger partial charge in [-0.2, -0.15) is 0 Å². The van der Waals surface area contributed by atoms with Crippen LogP contribution in [0.4, 0.5) is 5.69 Å². The normalized spacial score (nSPS) is 13.9. The first-order valence-electron chi connectivity index (χ1n) is 10.1. The molecule has 2 aromatic carbocycles. The van der Waals surface area contributed by atoms with Crippen LogP contribution in [0, 0.1) is 13.8 Å². The smallest absolute Gasteiger partial charge is 0.278 e. The monoisotopic (exact) mass is 408 g/mol. The number of hydrogen-bond donors (Lipinski definition) is 1. The maximum absolute atomic E-state index is 13.2. The van der Waals surface area contributed by atoms with Gasteiger partial charge in [0, 0.05) is 32.0 Å². The Labute approximate surface area is 177 Å². The number of carbonyl (C=O) groups excluding carboxylic acids is 2. The van der Waals surface area contributed by atoms with E-state index in [-0.39, 0.29) is 17.5 Å². The van der Waals surface area contributed by atoms with E-state index in [1.165, 1.54) is 4.90 Å². The number of aryl methyl sites for hydroxylation is 2. The number of methoxy groups -OCH3 is 1. The van der Waals surface area contributed by atoms with E-state index in [4.69, 9.17) is 9.47 Å². The fraction of sp³-hybridized carbons (Fsp3) is 0.333. The molecule has 2 amide bonds. The number of anilines is 1. The maximum Gasteiger partial charge on any atom is 0.278 e. The van der Waals surface area contributed by atoms with Crippen LogP contribution in [0.2, 0.25) is 0 Å². The van der Waals surface area contributed by atoms with Crippen LogP contribution in [0.1, 0.15) is 30.0 Å². The van der Waals surface area contributed by atoms with Crippen molar-refractivity contribution in [1.29, 1.82) is 0 Å². The summed E-state index contributed by atoms with van der Waals surface area (Å²) in [6, 6.07) is 13.2. The molecule has 1 N–H and O–H groups in total. The summed E-state index contributed by atoms with van der Waals surface area (Å²) >= 11 is 0. The number of rotatable bonds is 9. The van der Waals surface area contributed by atoms with Crippen LogP contribution < -0.4 is 10.1 Å². The minimum absolute atomic E-state index is 0.286. The molecule has 0 atom stereocenters. The van der Waals surface area contributed by atoms with E-state index in [0.717, 1.165) is 16.7 Å². The number of hydrogen-bond acceptors (Lipinski definition) is 5. The molecule has 6 heteroatoms. The van der Waals surface area contributed by atoms with Crippen LogP contribution in [0.15, 0.2) is 48.2 Å². The van der Waals surface area contributed by atoms with Crippen molar-refractivity contribution >= 4 is 23.1 Å². The van der Waals surface area contributed by atoms with Gasteiger partial charge in [0.15, 0.2) is 0 Å². The number of nitrogens with one attached hydrogen (secondary N) is 1. The van der Waals surface area contributed by atoms with E-state index in [1.807, 2.05) is 63.2 Å². The molecule has 0 saturated carbocycles.